The van der Waals surface area contributed by atoms with Crippen LogP contribution in [-0.2, 0) is 6.42 Å². The average Bonchev–Trinajstić information content (AvgIpc) is 2.59. The van der Waals surface area contributed by atoms with Gasteiger partial charge in [-0.1, -0.05) is 23.3 Å². The number of hydrogen-bond donors (Lipinski definition) is 2. The Balaban J connectivity index is 1.90. The summed E-state index contributed by atoms with van der Waals surface area (Å²) in [6.45, 7) is 5.41. The highest BCUT2D eigenvalue weighted by Crippen LogP contribution is 2.32. The van der Waals surface area contributed by atoms with Gasteiger partial charge >= 0.3 is 0 Å². The van der Waals surface area contributed by atoms with Gasteiger partial charge in [0.15, 0.2) is 0 Å². The topological polar surface area (TPSA) is 36.4 Å². The van der Waals surface area contributed by atoms with E-state index in [1.54, 1.807) is 24.3 Å². The van der Waals surface area contributed by atoms with Crippen molar-refractivity contribution in [2.24, 2.45) is 4.99 Å². The molecule has 0 unspecified atom stereocenters. The van der Waals surface area contributed by atoms with E-state index in [0.717, 1.165) is 42.9 Å². The molecule has 2 aromatic rings. The zero-order chi connectivity index (χ0) is 16.9. The highest BCUT2D eigenvalue weighted by molar-refractivity contribution is 6.31. The lowest BCUT2D eigenvalue weighted by Crippen LogP contribution is -2.21. The fourth-order valence-corrected chi connectivity index (χ4v) is 2.96. The molecule has 1 aliphatic heterocycles. The van der Waals surface area contributed by atoms with E-state index in [2.05, 4.69) is 28.4 Å². The summed E-state index contributed by atoms with van der Waals surface area (Å²) in [5.74, 6) is -0.233. The molecule has 0 saturated carbocycles. The molecule has 2 aromatic carbocycles. The Labute approximate surface area is 146 Å². The summed E-state index contributed by atoms with van der Waals surface area (Å²) in [4.78, 5) is 4.00. The minimum Gasteiger partial charge on any atom is -0.354 e. The second-order valence-electron chi connectivity index (χ2n) is 5.74. The quantitative estimate of drug-likeness (QED) is 0.591. The van der Waals surface area contributed by atoms with Crippen molar-refractivity contribution < 1.29 is 4.39 Å². The van der Waals surface area contributed by atoms with E-state index in [4.69, 9.17) is 11.6 Å². The van der Waals surface area contributed by atoms with Crippen LogP contribution >= 0.6 is 11.6 Å². The monoisotopic (exact) mass is 343 g/mol. The summed E-state index contributed by atoms with van der Waals surface area (Å²) in [5, 5.41) is 7.22. The molecule has 0 amide bonds. The third-order valence-electron chi connectivity index (χ3n) is 4.04. The van der Waals surface area contributed by atoms with Crippen LogP contribution in [0.15, 0.2) is 53.0 Å². The Hall–Kier alpha value is -2.17. The maximum Gasteiger partial charge on any atom is 0.123 e. The van der Waals surface area contributed by atoms with E-state index in [9.17, 15) is 4.39 Å². The molecule has 1 heterocycles. The predicted molar refractivity (Wildman–Crippen MR) is 99.6 cm³/mol. The first-order valence-electron chi connectivity index (χ1n) is 7.86. The number of anilines is 2. The summed E-state index contributed by atoms with van der Waals surface area (Å²) in [5.41, 5.74) is 4.57. The van der Waals surface area contributed by atoms with Crippen LogP contribution < -0.4 is 10.6 Å². The first-order chi connectivity index (χ1) is 11.7. The molecular weight excluding hydrogens is 325 g/mol. The van der Waals surface area contributed by atoms with E-state index in [-0.39, 0.29) is 5.82 Å². The largest absolute Gasteiger partial charge is 0.354 e. The van der Waals surface area contributed by atoms with E-state index < -0.39 is 0 Å². The molecule has 0 spiro atoms. The third kappa shape index (κ3) is 4.02. The van der Waals surface area contributed by atoms with Gasteiger partial charge in [0.1, 0.15) is 5.82 Å². The van der Waals surface area contributed by atoms with Crippen molar-refractivity contribution in [1.29, 1.82) is 0 Å². The normalized spacial score (nSPS) is 14.2. The lowest BCUT2D eigenvalue weighted by atomic mass is 9.98. The van der Waals surface area contributed by atoms with Crippen LogP contribution in [0.25, 0.3) is 0 Å². The average molecular weight is 344 g/mol. The highest BCUT2D eigenvalue weighted by atomic mass is 35.5. The van der Waals surface area contributed by atoms with E-state index in [0.29, 0.717) is 10.7 Å². The minimum absolute atomic E-state index is 0.233. The lowest BCUT2D eigenvalue weighted by molar-refractivity contribution is 0.625. The molecule has 1 aliphatic rings. The van der Waals surface area contributed by atoms with E-state index in [1.165, 1.54) is 11.6 Å². The molecule has 0 aliphatic carbocycles. The van der Waals surface area contributed by atoms with Crippen molar-refractivity contribution in [2.75, 3.05) is 18.4 Å². The van der Waals surface area contributed by atoms with Gasteiger partial charge in [0.2, 0.25) is 0 Å². The van der Waals surface area contributed by atoms with Crippen LogP contribution in [0.5, 0.6) is 0 Å². The molecule has 0 bridgehead atoms. The Morgan fingerprint density at radius 2 is 2.04 bits per heavy atom. The molecule has 2 N–H and O–H groups in total. The number of rotatable bonds is 5. The van der Waals surface area contributed by atoms with Crippen molar-refractivity contribution in [3.05, 3.63) is 64.5 Å². The molecule has 124 valence electrons. The van der Waals surface area contributed by atoms with Crippen LogP contribution in [0.4, 0.5) is 21.5 Å². The molecule has 5 heteroatoms. The lowest BCUT2D eigenvalue weighted by Gasteiger charge is -2.18. The van der Waals surface area contributed by atoms with Crippen molar-refractivity contribution >= 4 is 35.4 Å². The first kappa shape index (κ1) is 16.7. The maximum atomic E-state index is 13.7. The molecule has 24 heavy (non-hydrogen) atoms. The Bertz CT molecular complexity index is 786. The van der Waals surface area contributed by atoms with Gasteiger partial charge in [0, 0.05) is 17.3 Å². The summed E-state index contributed by atoms with van der Waals surface area (Å²) < 4.78 is 13.7. The zero-order valence-corrected chi connectivity index (χ0v) is 14.0. The highest BCUT2D eigenvalue weighted by Gasteiger charge is 2.11. The molecular formula is C19H19ClFN3. The van der Waals surface area contributed by atoms with Crippen molar-refractivity contribution in [3.8, 4) is 0 Å². The standard InChI is InChI=1S/C19H19ClFN3/c1-22-19-12-15(20)2-4-18(19)24-17-5-3-16(21)11-14(17)10-13-6-8-23-9-7-13/h2-6,11-12,23-24H,1,7-10H2. The fourth-order valence-electron chi connectivity index (χ4n) is 2.79. The molecule has 0 aromatic heterocycles. The minimum atomic E-state index is -0.233. The van der Waals surface area contributed by atoms with Gasteiger partial charge in [-0.3, -0.25) is 4.99 Å². The summed E-state index contributed by atoms with van der Waals surface area (Å²) in [6, 6.07) is 10.2. The molecule has 0 atom stereocenters. The molecule has 3 nitrogen and oxygen atoms in total. The smallest absolute Gasteiger partial charge is 0.123 e. The van der Waals surface area contributed by atoms with Crippen molar-refractivity contribution in [1.82, 2.24) is 5.32 Å². The second-order valence-corrected chi connectivity index (χ2v) is 6.18. The van der Waals surface area contributed by atoms with Crippen molar-refractivity contribution in [3.63, 3.8) is 0 Å². The number of nitrogens with one attached hydrogen (secondary N) is 2. The Morgan fingerprint density at radius 3 is 2.79 bits per heavy atom. The van der Waals surface area contributed by atoms with E-state index >= 15 is 0 Å². The van der Waals surface area contributed by atoms with Gasteiger partial charge in [0.05, 0.1) is 11.4 Å². The molecule has 3 rings (SSSR count). The zero-order valence-electron chi connectivity index (χ0n) is 13.3. The summed E-state index contributed by atoms with van der Waals surface area (Å²) >= 11 is 6.00. The molecule has 0 fully saturated rings. The van der Waals surface area contributed by atoms with Crippen LogP contribution in [0, 0.1) is 5.82 Å². The van der Waals surface area contributed by atoms with Gasteiger partial charge in [-0.15, -0.1) is 0 Å². The number of aliphatic imine (C=N–C) groups is 1. The number of halogens is 2. The van der Waals surface area contributed by atoms with Gasteiger partial charge < -0.3 is 10.6 Å². The van der Waals surface area contributed by atoms with Gasteiger partial charge in [0.25, 0.3) is 0 Å². The SMILES string of the molecule is C=Nc1cc(Cl)ccc1Nc1ccc(F)cc1CC1=CCNCC1. The number of hydrogen-bond acceptors (Lipinski definition) is 3. The summed E-state index contributed by atoms with van der Waals surface area (Å²) in [6.07, 6.45) is 3.89. The van der Waals surface area contributed by atoms with Gasteiger partial charge in [-0.2, -0.15) is 0 Å². The Kier molecular flexibility index (Phi) is 5.28. The maximum absolute atomic E-state index is 13.7. The molecule has 0 saturated heterocycles. The van der Waals surface area contributed by atoms with Crippen LogP contribution in [0.1, 0.15) is 12.0 Å². The predicted octanol–water partition coefficient (Wildman–Crippen LogP) is 5.02. The first-order valence-corrected chi connectivity index (χ1v) is 8.24. The van der Waals surface area contributed by atoms with Crippen LogP contribution in [0.2, 0.25) is 5.02 Å². The molecule has 0 radical (unpaired) electrons. The number of nitrogens with zero attached hydrogens (tertiary/aromatic N) is 1. The second kappa shape index (κ2) is 7.60. The van der Waals surface area contributed by atoms with Gasteiger partial charge in [-0.25, -0.2) is 4.39 Å². The summed E-state index contributed by atoms with van der Waals surface area (Å²) in [7, 11) is 0. The number of benzene rings is 2. The van der Waals surface area contributed by atoms with E-state index in [1.807, 2.05) is 6.07 Å². The fraction of sp³-hybridized carbons (Fsp3) is 0.211. The van der Waals surface area contributed by atoms with Gasteiger partial charge in [-0.05, 0) is 68.1 Å². The van der Waals surface area contributed by atoms with Crippen LogP contribution in [-0.4, -0.2) is 19.8 Å². The Morgan fingerprint density at radius 1 is 1.21 bits per heavy atom. The third-order valence-corrected chi connectivity index (χ3v) is 4.28. The van der Waals surface area contributed by atoms with Crippen LogP contribution in [0.3, 0.4) is 0 Å². The van der Waals surface area contributed by atoms with Crippen molar-refractivity contribution in [2.45, 2.75) is 12.8 Å².